The van der Waals surface area contributed by atoms with Crippen LogP contribution in [0.3, 0.4) is 0 Å². The topological polar surface area (TPSA) is 79.0 Å². The molecule has 25 heavy (non-hydrogen) atoms. The Hall–Kier alpha value is -2.05. The average molecular weight is 349 g/mol. The van der Waals surface area contributed by atoms with Gasteiger partial charge in [-0.1, -0.05) is 25.7 Å². The first-order valence-electron chi connectivity index (χ1n) is 9.38. The van der Waals surface area contributed by atoms with Crippen molar-refractivity contribution in [2.45, 2.75) is 51.5 Å². The van der Waals surface area contributed by atoms with E-state index in [1.54, 1.807) is 11.8 Å². The summed E-state index contributed by atoms with van der Waals surface area (Å²) in [4.78, 5) is 39.5. The van der Waals surface area contributed by atoms with Gasteiger partial charge in [0.15, 0.2) is 0 Å². The second kappa shape index (κ2) is 7.89. The average Bonchev–Trinajstić information content (AvgIpc) is 2.90. The third-order valence-corrected chi connectivity index (χ3v) is 5.21. The maximum atomic E-state index is 12.1. The number of nitrogens with one attached hydrogen (secondary N) is 1. The van der Waals surface area contributed by atoms with Gasteiger partial charge in [0.05, 0.1) is 6.61 Å². The molecule has 1 N–H and O–H groups in total. The molecule has 3 rings (SSSR count). The Morgan fingerprint density at radius 1 is 1.04 bits per heavy atom. The van der Waals surface area contributed by atoms with E-state index in [0.29, 0.717) is 44.2 Å². The highest BCUT2D eigenvalue weighted by atomic mass is 16.6. The Labute approximate surface area is 147 Å². The predicted octanol–water partition coefficient (Wildman–Crippen LogP) is 1.70. The lowest BCUT2D eigenvalue weighted by Gasteiger charge is -2.36. The fraction of sp³-hybridized carbons (Fsp3) is 0.722. The number of anilines is 2. The zero-order chi connectivity index (χ0) is 17.8. The minimum absolute atomic E-state index is 0.283. The summed E-state index contributed by atoms with van der Waals surface area (Å²) in [6.07, 6.45) is 6.61. The van der Waals surface area contributed by atoms with Gasteiger partial charge in [-0.25, -0.2) is 4.79 Å². The van der Waals surface area contributed by atoms with Gasteiger partial charge in [0.25, 0.3) is 10.9 Å². The number of nitrogens with zero attached hydrogens (tertiary/aromatic N) is 2. The molecule has 0 bridgehead atoms. The Morgan fingerprint density at radius 2 is 1.68 bits per heavy atom. The third-order valence-electron chi connectivity index (χ3n) is 5.21. The van der Waals surface area contributed by atoms with E-state index in [2.05, 4.69) is 5.32 Å². The minimum Gasteiger partial charge on any atom is -0.450 e. The molecule has 0 spiro atoms. The molecular weight excluding hydrogens is 322 g/mol. The number of amides is 1. The Morgan fingerprint density at radius 3 is 2.28 bits per heavy atom. The summed E-state index contributed by atoms with van der Waals surface area (Å²) in [5.41, 5.74) is 0.201. The molecule has 7 nitrogen and oxygen atoms in total. The molecule has 1 aliphatic heterocycles. The van der Waals surface area contributed by atoms with Gasteiger partial charge in [-0.15, -0.1) is 0 Å². The van der Waals surface area contributed by atoms with Crippen LogP contribution < -0.4 is 21.1 Å². The van der Waals surface area contributed by atoms with Crippen LogP contribution in [0.5, 0.6) is 0 Å². The number of hydrogen-bond donors (Lipinski definition) is 1. The number of hydrogen-bond acceptors (Lipinski definition) is 6. The SMILES string of the molecule is CCOC(=O)N1CCN(c2c(NC3CCCCCC3)c(=O)c2=O)CC1. The lowest BCUT2D eigenvalue weighted by atomic mass is 10.1. The van der Waals surface area contributed by atoms with Gasteiger partial charge in [-0.05, 0) is 19.8 Å². The van der Waals surface area contributed by atoms with Crippen LogP contribution in [-0.2, 0) is 4.74 Å². The van der Waals surface area contributed by atoms with Gasteiger partial charge in [-0.2, -0.15) is 0 Å². The van der Waals surface area contributed by atoms with E-state index in [4.69, 9.17) is 4.74 Å². The van der Waals surface area contributed by atoms with Crippen molar-refractivity contribution in [1.29, 1.82) is 0 Å². The fourth-order valence-corrected chi connectivity index (χ4v) is 3.77. The molecule has 1 aliphatic carbocycles. The monoisotopic (exact) mass is 349 g/mol. The van der Waals surface area contributed by atoms with Gasteiger partial charge in [0.1, 0.15) is 11.4 Å². The molecule has 2 aliphatic rings. The number of carbonyl (C=O) groups is 1. The Bertz CT molecular complexity index is 664. The molecule has 2 fully saturated rings. The number of rotatable bonds is 4. The van der Waals surface area contributed by atoms with Crippen molar-refractivity contribution in [3.05, 3.63) is 20.4 Å². The molecule has 1 amide bonds. The van der Waals surface area contributed by atoms with Crippen molar-refractivity contribution in [1.82, 2.24) is 4.90 Å². The van der Waals surface area contributed by atoms with E-state index < -0.39 is 10.9 Å². The summed E-state index contributed by atoms with van der Waals surface area (Å²) in [5.74, 6) is 0. The van der Waals surface area contributed by atoms with Gasteiger partial charge in [-0.3, -0.25) is 9.59 Å². The first-order chi connectivity index (χ1) is 12.1. The lowest BCUT2D eigenvalue weighted by Crippen LogP contribution is -2.53. The summed E-state index contributed by atoms with van der Waals surface area (Å²) in [5, 5.41) is 3.34. The molecule has 0 unspecified atom stereocenters. The van der Waals surface area contributed by atoms with Crippen molar-refractivity contribution in [2.75, 3.05) is 43.0 Å². The second-order valence-corrected chi connectivity index (χ2v) is 6.89. The molecule has 0 aromatic heterocycles. The van der Waals surface area contributed by atoms with Gasteiger partial charge in [0, 0.05) is 32.2 Å². The van der Waals surface area contributed by atoms with Crippen LogP contribution in [0.2, 0.25) is 0 Å². The van der Waals surface area contributed by atoms with Crippen molar-refractivity contribution in [2.24, 2.45) is 0 Å². The normalized spacial score (nSPS) is 19.7. The van der Waals surface area contributed by atoms with Crippen LogP contribution >= 0.6 is 0 Å². The molecule has 7 heteroatoms. The highest BCUT2D eigenvalue weighted by molar-refractivity contribution is 5.76. The maximum Gasteiger partial charge on any atom is 0.409 e. The summed E-state index contributed by atoms with van der Waals surface area (Å²) in [7, 11) is 0. The Kier molecular flexibility index (Phi) is 5.60. The van der Waals surface area contributed by atoms with Crippen LogP contribution in [0.1, 0.15) is 45.4 Å². The van der Waals surface area contributed by atoms with E-state index >= 15 is 0 Å². The molecule has 1 saturated carbocycles. The molecule has 1 heterocycles. The number of ether oxygens (including phenoxy) is 1. The van der Waals surface area contributed by atoms with Crippen LogP contribution in [0.25, 0.3) is 0 Å². The van der Waals surface area contributed by atoms with E-state index in [1.165, 1.54) is 25.7 Å². The first kappa shape index (κ1) is 17.8. The Balaban J connectivity index is 1.64. The van der Waals surface area contributed by atoms with Gasteiger partial charge >= 0.3 is 6.09 Å². The van der Waals surface area contributed by atoms with Crippen molar-refractivity contribution in [3.8, 4) is 0 Å². The molecular formula is C18H27N3O4. The summed E-state index contributed by atoms with van der Waals surface area (Å²) in [6, 6.07) is 0.283. The van der Waals surface area contributed by atoms with Crippen molar-refractivity contribution >= 4 is 17.5 Å². The van der Waals surface area contributed by atoms with Crippen LogP contribution in [0.4, 0.5) is 16.2 Å². The molecule has 138 valence electrons. The molecule has 1 saturated heterocycles. The summed E-state index contributed by atoms with van der Waals surface area (Å²) >= 11 is 0. The largest absolute Gasteiger partial charge is 0.450 e. The minimum atomic E-state index is -0.402. The molecule has 1 aromatic carbocycles. The fourth-order valence-electron chi connectivity index (χ4n) is 3.77. The van der Waals surface area contributed by atoms with E-state index in [0.717, 1.165) is 12.8 Å². The number of carbonyl (C=O) groups excluding carboxylic acids is 1. The van der Waals surface area contributed by atoms with E-state index in [9.17, 15) is 14.4 Å². The zero-order valence-corrected chi connectivity index (χ0v) is 14.9. The molecule has 0 atom stereocenters. The van der Waals surface area contributed by atoms with Crippen LogP contribution in [0.15, 0.2) is 9.59 Å². The highest BCUT2D eigenvalue weighted by Crippen LogP contribution is 2.26. The van der Waals surface area contributed by atoms with Gasteiger partial charge < -0.3 is 19.9 Å². The quantitative estimate of drug-likeness (QED) is 0.658. The van der Waals surface area contributed by atoms with Crippen LogP contribution in [0, 0.1) is 0 Å². The highest BCUT2D eigenvalue weighted by Gasteiger charge is 2.31. The summed E-state index contributed by atoms with van der Waals surface area (Å²) in [6.45, 7) is 4.22. The third kappa shape index (κ3) is 3.80. The first-order valence-corrected chi connectivity index (χ1v) is 9.38. The molecule has 1 aromatic rings. The summed E-state index contributed by atoms with van der Waals surface area (Å²) < 4.78 is 5.01. The second-order valence-electron chi connectivity index (χ2n) is 6.89. The smallest absolute Gasteiger partial charge is 0.409 e. The van der Waals surface area contributed by atoms with E-state index in [-0.39, 0.29) is 12.1 Å². The lowest BCUT2D eigenvalue weighted by molar-refractivity contribution is 0.105. The van der Waals surface area contributed by atoms with Crippen LogP contribution in [-0.4, -0.2) is 49.8 Å². The zero-order valence-electron chi connectivity index (χ0n) is 14.9. The maximum absolute atomic E-state index is 12.1. The van der Waals surface area contributed by atoms with E-state index in [1.807, 2.05) is 4.90 Å². The van der Waals surface area contributed by atoms with Crippen molar-refractivity contribution < 1.29 is 9.53 Å². The standard InChI is InChI=1S/C18H27N3O4/c1-2-25-18(24)21-11-9-20(10-12-21)15-14(16(22)17(15)23)19-13-7-5-3-4-6-8-13/h13,19H,2-12H2,1H3. The van der Waals surface area contributed by atoms with Gasteiger partial charge in [0.2, 0.25) is 0 Å². The molecule has 0 radical (unpaired) electrons. The number of piperazine rings is 1. The predicted molar refractivity (Wildman–Crippen MR) is 97.3 cm³/mol. The van der Waals surface area contributed by atoms with Crippen molar-refractivity contribution in [3.63, 3.8) is 0 Å².